The van der Waals surface area contributed by atoms with Crippen LogP contribution in [0.5, 0.6) is 0 Å². The Bertz CT molecular complexity index is 1270. The summed E-state index contributed by atoms with van der Waals surface area (Å²) >= 11 is 0. The molecule has 1 aromatic carbocycles. The van der Waals surface area contributed by atoms with Gasteiger partial charge in [0.15, 0.2) is 0 Å². The van der Waals surface area contributed by atoms with Crippen LogP contribution in [0, 0.1) is 18.3 Å². The Kier molecular flexibility index (Phi) is 5.77. The van der Waals surface area contributed by atoms with Gasteiger partial charge in [0.2, 0.25) is 5.95 Å². The van der Waals surface area contributed by atoms with Crippen LogP contribution in [0.25, 0.3) is 11.3 Å². The SMILES string of the molecule is Cc1cc(N2CCOCC2)c(C#N)cc1Nc1nccc(-c2cnc3c(c2)C(C)(CO)CN3)n1. The average Bonchev–Trinajstić information content (AvgIpc) is 3.22. The molecule has 1 atom stereocenters. The molecule has 0 spiro atoms. The first kappa shape index (κ1) is 22.1. The summed E-state index contributed by atoms with van der Waals surface area (Å²) in [6.07, 6.45) is 3.47. The predicted molar refractivity (Wildman–Crippen MR) is 130 cm³/mol. The number of aryl methyl sites for hydroxylation is 1. The van der Waals surface area contributed by atoms with Crippen LogP contribution < -0.4 is 15.5 Å². The van der Waals surface area contributed by atoms with Gasteiger partial charge in [0.05, 0.1) is 36.8 Å². The molecule has 4 heterocycles. The molecule has 2 aromatic heterocycles. The predicted octanol–water partition coefficient (Wildman–Crippen LogP) is 2.97. The molecular formula is C25H27N7O2. The second-order valence-corrected chi connectivity index (χ2v) is 8.98. The molecule has 1 saturated heterocycles. The number of fused-ring (bicyclic) bond motifs is 1. The second kappa shape index (κ2) is 8.89. The van der Waals surface area contributed by atoms with E-state index in [4.69, 9.17) is 9.72 Å². The van der Waals surface area contributed by atoms with Crippen molar-refractivity contribution >= 4 is 23.1 Å². The normalized spacial score (nSPS) is 19.3. The van der Waals surface area contributed by atoms with E-state index in [1.54, 1.807) is 12.4 Å². The third-order valence-electron chi connectivity index (χ3n) is 6.55. The molecule has 3 N–H and O–H groups in total. The van der Waals surface area contributed by atoms with Crippen LogP contribution in [0.2, 0.25) is 0 Å². The van der Waals surface area contributed by atoms with E-state index in [9.17, 15) is 10.4 Å². The van der Waals surface area contributed by atoms with E-state index in [2.05, 4.69) is 31.6 Å². The van der Waals surface area contributed by atoms with E-state index < -0.39 is 0 Å². The minimum absolute atomic E-state index is 0.0374. The Balaban J connectivity index is 1.43. The molecule has 174 valence electrons. The molecule has 2 aliphatic rings. The molecule has 0 aliphatic carbocycles. The molecular weight excluding hydrogens is 430 g/mol. The third kappa shape index (κ3) is 4.02. The Hall–Kier alpha value is -3.74. The number of benzene rings is 1. The lowest BCUT2D eigenvalue weighted by Gasteiger charge is -2.30. The standard InChI is InChI=1S/C25H27N7O2/c1-16-9-22(32-5-7-34-8-6-32)17(12-26)11-21(16)31-24-27-4-3-20(30-24)18-10-19-23(28-13-18)29-14-25(19,2)15-33/h3-4,9-11,13,33H,5-8,14-15H2,1-2H3,(H,28,29)(H,27,30,31). The minimum Gasteiger partial charge on any atom is -0.395 e. The fraction of sp³-hybridized carbons (Fsp3) is 0.360. The molecule has 1 unspecified atom stereocenters. The Morgan fingerprint density at radius 2 is 2.09 bits per heavy atom. The summed E-state index contributed by atoms with van der Waals surface area (Å²) in [4.78, 5) is 15.8. The van der Waals surface area contributed by atoms with Crippen LogP contribution >= 0.6 is 0 Å². The molecule has 0 saturated carbocycles. The first-order valence-electron chi connectivity index (χ1n) is 11.3. The smallest absolute Gasteiger partial charge is 0.227 e. The highest BCUT2D eigenvalue weighted by Crippen LogP contribution is 2.37. The summed E-state index contributed by atoms with van der Waals surface area (Å²) in [5.41, 5.74) is 5.49. The van der Waals surface area contributed by atoms with Gasteiger partial charge in [-0.15, -0.1) is 0 Å². The number of pyridine rings is 1. The Morgan fingerprint density at radius 1 is 1.26 bits per heavy atom. The summed E-state index contributed by atoms with van der Waals surface area (Å²) in [6, 6.07) is 10.1. The summed E-state index contributed by atoms with van der Waals surface area (Å²) < 4.78 is 5.44. The van der Waals surface area contributed by atoms with Gasteiger partial charge < -0.3 is 25.4 Å². The Labute approximate surface area is 198 Å². The van der Waals surface area contributed by atoms with E-state index in [-0.39, 0.29) is 12.0 Å². The van der Waals surface area contributed by atoms with Crippen molar-refractivity contribution in [2.24, 2.45) is 0 Å². The molecule has 9 heteroatoms. The van der Waals surface area contributed by atoms with Crippen molar-refractivity contribution in [1.29, 1.82) is 5.26 Å². The number of rotatable bonds is 5. The molecule has 2 aliphatic heterocycles. The van der Waals surface area contributed by atoms with E-state index in [0.717, 1.165) is 52.7 Å². The molecule has 0 bridgehead atoms. The molecule has 34 heavy (non-hydrogen) atoms. The van der Waals surface area contributed by atoms with Gasteiger partial charge in [-0.3, -0.25) is 0 Å². The summed E-state index contributed by atoms with van der Waals surface area (Å²) in [6.45, 7) is 7.57. The zero-order valence-corrected chi connectivity index (χ0v) is 19.3. The molecule has 1 fully saturated rings. The summed E-state index contributed by atoms with van der Waals surface area (Å²) in [7, 11) is 0. The van der Waals surface area contributed by atoms with Crippen molar-refractivity contribution in [1.82, 2.24) is 15.0 Å². The van der Waals surface area contributed by atoms with Gasteiger partial charge >= 0.3 is 0 Å². The van der Waals surface area contributed by atoms with Crippen molar-refractivity contribution in [2.75, 3.05) is 55.0 Å². The number of aromatic nitrogens is 3. The lowest BCUT2D eigenvalue weighted by Crippen LogP contribution is -2.36. The van der Waals surface area contributed by atoms with Crippen LogP contribution in [-0.4, -0.2) is 59.5 Å². The molecule has 0 radical (unpaired) electrons. The van der Waals surface area contributed by atoms with Gasteiger partial charge in [0.1, 0.15) is 11.9 Å². The third-order valence-corrected chi connectivity index (χ3v) is 6.55. The fourth-order valence-electron chi connectivity index (χ4n) is 4.40. The molecule has 0 amide bonds. The van der Waals surface area contributed by atoms with Crippen LogP contribution in [0.15, 0.2) is 36.7 Å². The van der Waals surface area contributed by atoms with E-state index in [1.807, 2.05) is 38.1 Å². The van der Waals surface area contributed by atoms with Crippen molar-refractivity contribution < 1.29 is 9.84 Å². The number of nitriles is 1. The Morgan fingerprint density at radius 3 is 2.85 bits per heavy atom. The zero-order valence-electron chi connectivity index (χ0n) is 19.3. The van der Waals surface area contributed by atoms with Crippen molar-refractivity contribution in [3.05, 3.63) is 53.3 Å². The number of hydrogen-bond acceptors (Lipinski definition) is 9. The number of anilines is 4. The number of nitrogens with one attached hydrogen (secondary N) is 2. The highest BCUT2D eigenvalue weighted by Gasteiger charge is 2.35. The number of ether oxygens (including phenoxy) is 1. The molecule has 5 rings (SSSR count). The van der Waals surface area contributed by atoms with Crippen LogP contribution in [0.3, 0.4) is 0 Å². The maximum absolute atomic E-state index is 9.88. The highest BCUT2D eigenvalue weighted by atomic mass is 16.5. The summed E-state index contributed by atoms with van der Waals surface area (Å²) in [5.74, 6) is 1.24. The van der Waals surface area contributed by atoms with Crippen LogP contribution in [-0.2, 0) is 10.2 Å². The van der Waals surface area contributed by atoms with Gasteiger partial charge in [-0.1, -0.05) is 6.92 Å². The van der Waals surface area contributed by atoms with Crippen LogP contribution in [0.4, 0.5) is 23.1 Å². The minimum atomic E-state index is -0.376. The average molecular weight is 458 g/mol. The van der Waals surface area contributed by atoms with Crippen LogP contribution in [0.1, 0.15) is 23.6 Å². The number of aliphatic hydroxyl groups excluding tert-OH is 1. The first-order valence-corrected chi connectivity index (χ1v) is 11.3. The number of aliphatic hydroxyl groups is 1. The van der Waals surface area contributed by atoms with E-state index in [0.29, 0.717) is 31.3 Å². The van der Waals surface area contributed by atoms with Gasteiger partial charge in [-0.25, -0.2) is 15.0 Å². The molecule has 9 nitrogen and oxygen atoms in total. The van der Waals surface area contributed by atoms with Crippen molar-refractivity contribution in [3.63, 3.8) is 0 Å². The lowest BCUT2D eigenvalue weighted by molar-refractivity contribution is 0.122. The number of hydrogen-bond donors (Lipinski definition) is 3. The number of morpholine rings is 1. The first-order chi connectivity index (χ1) is 16.5. The molecule has 3 aromatic rings. The van der Waals surface area contributed by atoms with Gasteiger partial charge in [-0.2, -0.15) is 5.26 Å². The lowest BCUT2D eigenvalue weighted by atomic mass is 9.85. The van der Waals surface area contributed by atoms with E-state index >= 15 is 0 Å². The number of nitrogens with zero attached hydrogens (tertiary/aromatic N) is 5. The zero-order chi connectivity index (χ0) is 23.7. The maximum Gasteiger partial charge on any atom is 0.227 e. The second-order valence-electron chi connectivity index (χ2n) is 8.98. The van der Waals surface area contributed by atoms with Gasteiger partial charge in [0, 0.05) is 54.3 Å². The quantitative estimate of drug-likeness (QED) is 0.531. The maximum atomic E-state index is 9.88. The van der Waals surface area contributed by atoms with Gasteiger partial charge in [-0.05, 0) is 36.8 Å². The topological polar surface area (TPSA) is 119 Å². The van der Waals surface area contributed by atoms with Gasteiger partial charge in [0.25, 0.3) is 0 Å². The van der Waals surface area contributed by atoms with Crippen molar-refractivity contribution in [3.8, 4) is 17.3 Å². The fourth-order valence-corrected chi connectivity index (χ4v) is 4.40. The van der Waals surface area contributed by atoms with E-state index in [1.165, 1.54) is 0 Å². The summed E-state index contributed by atoms with van der Waals surface area (Å²) in [5, 5.41) is 26.2. The monoisotopic (exact) mass is 457 g/mol. The van der Waals surface area contributed by atoms with Crippen molar-refractivity contribution in [2.45, 2.75) is 19.3 Å². The largest absolute Gasteiger partial charge is 0.395 e. The highest BCUT2D eigenvalue weighted by molar-refractivity contribution is 5.72.